The molecule has 2 spiro atoms. The van der Waals surface area contributed by atoms with Crippen molar-refractivity contribution in [3.63, 3.8) is 0 Å². The van der Waals surface area contributed by atoms with Gasteiger partial charge < -0.3 is 0 Å². The van der Waals surface area contributed by atoms with Gasteiger partial charge in [0.05, 0.1) is 1.12 Å². The SMILES string of the molecule is C.C.C.CC(C)(C)N1CC[C@@]23CCC(CC12)C3(C)C.CC(C)(C)N1CC[C@@]23CC[C@@H](C[C@H]12)C3(C)C.[3H]S. The van der Waals surface area contributed by atoms with Crippen LogP contribution in [0, 0.1) is 33.5 Å². The number of nitrogens with zero attached hydrogens (tertiary/aromatic N) is 2. The molecule has 4 saturated carbocycles. The van der Waals surface area contributed by atoms with Crippen molar-refractivity contribution < 1.29 is 0 Å². The lowest BCUT2D eigenvalue weighted by atomic mass is 9.67. The quantitative estimate of drug-likeness (QED) is 0.310. The van der Waals surface area contributed by atoms with Gasteiger partial charge in [-0.25, -0.2) is 0 Å². The van der Waals surface area contributed by atoms with E-state index in [-0.39, 0.29) is 22.3 Å². The second-order valence-corrected chi connectivity index (χ2v) is 16.0. The minimum absolute atomic E-state index is 0. The Labute approximate surface area is 236 Å². The molecule has 2 nitrogen and oxygen atoms in total. The summed E-state index contributed by atoms with van der Waals surface area (Å²) in [6.45, 7) is 27.2. The highest BCUT2D eigenvalue weighted by Crippen LogP contribution is 2.72. The molecule has 2 heterocycles. The summed E-state index contributed by atoms with van der Waals surface area (Å²) in [7, 11) is 0. The van der Waals surface area contributed by atoms with Gasteiger partial charge in [-0.05, 0) is 139 Å². The van der Waals surface area contributed by atoms with Crippen LogP contribution in [0.3, 0.4) is 0 Å². The number of likely N-dealkylation sites (tertiary alicyclic amines) is 2. The Morgan fingerprint density at radius 3 is 1.17 bits per heavy atom. The van der Waals surface area contributed by atoms with E-state index in [0.717, 1.165) is 23.9 Å². The maximum absolute atomic E-state index is 5.44. The summed E-state index contributed by atoms with van der Waals surface area (Å²) in [5.41, 5.74) is 3.30. The van der Waals surface area contributed by atoms with Crippen LogP contribution in [0.1, 0.15) is 143 Å². The Hall–Kier alpha value is 0.270. The number of fused-ring (bicyclic) bond motifs is 2. The second-order valence-electron chi connectivity index (χ2n) is 16.0. The molecule has 6 rings (SSSR count). The highest BCUT2D eigenvalue weighted by molar-refractivity contribution is 7.59. The van der Waals surface area contributed by atoms with Crippen LogP contribution in [-0.4, -0.2) is 47.2 Å². The van der Waals surface area contributed by atoms with E-state index in [9.17, 15) is 0 Å². The molecule has 2 aliphatic heterocycles. The zero-order chi connectivity index (χ0) is 25.5. The largest absolute Gasteiger partial charge is 0.295 e. The van der Waals surface area contributed by atoms with Crippen molar-refractivity contribution in [1.29, 1.82) is 1.12 Å². The molecule has 0 radical (unpaired) electrons. The van der Waals surface area contributed by atoms with Crippen LogP contribution < -0.4 is 0 Å². The molecular formula is C33H68N2S. The van der Waals surface area contributed by atoms with Crippen LogP contribution in [0.2, 0.25) is 0 Å². The minimum atomic E-state index is 0. The molecule has 0 amide bonds. The van der Waals surface area contributed by atoms with E-state index in [0.29, 0.717) is 32.7 Å². The lowest BCUT2D eigenvalue weighted by Crippen LogP contribution is -2.48. The van der Waals surface area contributed by atoms with Gasteiger partial charge >= 0.3 is 0 Å². The number of hydrogen-bond donors (Lipinski definition) is 0. The van der Waals surface area contributed by atoms with Crippen molar-refractivity contribution in [3.8, 4) is 0 Å². The van der Waals surface area contributed by atoms with Crippen LogP contribution in [-0.2, 0) is 0 Å². The molecule has 0 N–H and O–H groups in total. The molecule has 6 atom stereocenters. The first-order valence-corrected chi connectivity index (χ1v) is 14.1. The highest BCUT2D eigenvalue weighted by atomic mass is 32.1. The molecule has 6 aliphatic rings. The monoisotopic (exact) mass is 527 g/mol. The van der Waals surface area contributed by atoms with Gasteiger partial charge in [0.15, 0.2) is 0 Å². The van der Waals surface area contributed by atoms with E-state index in [1.54, 1.807) is 0 Å². The molecule has 0 aromatic carbocycles. The van der Waals surface area contributed by atoms with Crippen molar-refractivity contribution in [2.24, 2.45) is 33.5 Å². The number of rotatable bonds is 0. The predicted molar refractivity (Wildman–Crippen MR) is 167 cm³/mol. The lowest BCUT2D eigenvalue weighted by Gasteiger charge is -2.43. The first kappa shape index (κ1) is 32.5. The Kier molecular flexibility index (Phi) is 9.05. The van der Waals surface area contributed by atoms with Crippen molar-refractivity contribution in [3.05, 3.63) is 0 Å². The van der Waals surface area contributed by atoms with Gasteiger partial charge in [-0.1, -0.05) is 50.0 Å². The average Bonchev–Trinajstić information content (AvgIpc) is 3.51. The predicted octanol–water partition coefficient (Wildman–Crippen LogP) is 9.39. The smallest absolute Gasteiger partial charge is 0.0985 e. The van der Waals surface area contributed by atoms with E-state index in [2.05, 4.69) is 92.4 Å². The van der Waals surface area contributed by atoms with E-state index in [1.165, 1.54) is 64.5 Å². The van der Waals surface area contributed by atoms with E-state index < -0.39 is 0 Å². The van der Waals surface area contributed by atoms with Gasteiger partial charge in [0.25, 0.3) is 0 Å². The van der Waals surface area contributed by atoms with Crippen LogP contribution in [0.4, 0.5) is 0 Å². The molecule has 4 aliphatic carbocycles. The second kappa shape index (κ2) is 10.0. The van der Waals surface area contributed by atoms with Gasteiger partial charge in [-0.3, -0.25) is 9.80 Å². The van der Waals surface area contributed by atoms with E-state index in [1.807, 2.05) is 0 Å². The molecule has 4 bridgehead atoms. The van der Waals surface area contributed by atoms with Crippen molar-refractivity contribution >= 4 is 13.4 Å². The van der Waals surface area contributed by atoms with Crippen molar-refractivity contribution in [1.82, 2.24) is 9.80 Å². The third kappa shape index (κ3) is 4.27. The fraction of sp³-hybridized carbons (Fsp3) is 1.00. The van der Waals surface area contributed by atoms with Crippen LogP contribution >= 0.6 is 13.4 Å². The molecule has 3 heteroatoms. The van der Waals surface area contributed by atoms with Gasteiger partial charge in [0, 0.05) is 23.2 Å². The zero-order valence-electron chi connectivity index (χ0n) is 24.7. The van der Waals surface area contributed by atoms with E-state index in [4.69, 9.17) is 1.12 Å². The highest BCUT2D eigenvalue weighted by Gasteiger charge is 2.69. The molecule has 2 saturated heterocycles. The molecule has 36 heavy (non-hydrogen) atoms. The third-order valence-electron chi connectivity index (χ3n) is 12.9. The first-order valence-electron chi connectivity index (χ1n) is 14.6. The standard InChI is InChI=1S/2C15H27N.3CH4.H2S/c2*1-13(2,3)16-9-8-15-7-6-11(10-12(15)16)14(15,4)5;;;;/h2*11-12H,6-10H2,1-5H3;3*1H4;1H2/t11?,12?,15-;11-,12-,15-;;;;/m00..../s1/i/hT. The summed E-state index contributed by atoms with van der Waals surface area (Å²) in [5, 5.41) is 0. The van der Waals surface area contributed by atoms with Gasteiger partial charge in [-0.15, -0.1) is 0 Å². The first-order chi connectivity index (χ1) is 15.6. The fourth-order valence-electron chi connectivity index (χ4n) is 10.7. The summed E-state index contributed by atoms with van der Waals surface area (Å²) in [6.07, 6.45) is 11.9. The molecule has 0 aromatic rings. The molecular weight excluding hydrogens is 456 g/mol. The maximum Gasteiger partial charge on any atom is 0.0985 e. The summed E-state index contributed by atoms with van der Waals surface area (Å²) < 4.78 is 5.44. The van der Waals surface area contributed by atoms with Gasteiger partial charge in [0.1, 0.15) is 0 Å². The lowest BCUT2D eigenvalue weighted by molar-refractivity contribution is 0.0570. The van der Waals surface area contributed by atoms with Gasteiger partial charge in [0.2, 0.25) is 0 Å². The minimum Gasteiger partial charge on any atom is -0.295 e. The molecule has 6 fully saturated rings. The molecule has 2 unspecified atom stereocenters. The Balaban J connectivity index is 0.000000322. The normalized spacial score (nSPS) is 41.4. The Morgan fingerprint density at radius 1 is 0.611 bits per heavy atom. The zero-order valence-corrected chi connectivity index (χ0v) is 24.6. The molecule has 0 aromatic heterocycles. The van der Waals surface area contributed by atoms with Crippen LogP contribution in [0.25, 0.3) is 0 Å². The van der Waals surface area contributed by atoms with E-state index >= 15 is 0 Å². The summed E-state index contributed by atoms with van der Waals surface area (Å²) >= 11 is 2.78. The topological polar surface area (TPSA) is 6.48 Å². The summed E-state index contributed by atoms with van der Waals surface area (Å²) in [4.78, 5) is 5.63. The average molecular weight is 527 g/mol. The van der Waals surface area contributed by atoms with Crippen molar-refractivity contribution in [2.75, 3.05) is 13.1 Å². The Morgan fingerprint density at radius 2 is 0.917 bits per heavy atom. The summed E-state index contributed by atoms with van der Waals surface area (Å²) in [6, 6.07) is 1.78. The van der Waals surface area contributed by atoms with Crippen LogP contribution in [0.5, 0.6) is 0 Å². The summed E-state index contributed by atoms with van der Waals surface area (Å²) in [5.74, 6) is 2.00. The van der Waals surface area contributed by atoms with Crippen molar-refractivity contribution in [2.45, 2.75) is 166 Å². The number of hydrogen-bond acceptors (Lipinski definition) is 2. The fourth-order valence-corrected chi connectivity index (χ4v) is 10.7. The van der Waals surface area contributed by atoms with Crippen LogP contribution in [0.15, 0.2) is 0 Å². The molecule has 216 valence electrons. The van der Waals surface area contributed by atoms with Gasteiger partial charge in [-0.2, -0.15) is 13.4 Å². The Bertz CT molecular complexity index is 701. The maximum atomic E-state index is 5.44. The third-order valence-corrected chi connectivity index (χ3v) is 12.9.